The number of aryl methyl sites for hydroxylation is 2. The van der Waals surface area contributed by atoms with Crippen LogP contribution in [0.5, 0.6) is 0 Å². The van der Waals surface area contributed by atoms with E-state index in [4.69, 9.17) is 5.73 Å². The second kappa shape index (κ2) is 10.9. The first kappa shape index (κ1) is 23.5. The highest BCUT2D eigenvalue weighted by atomic mass is 16.1. The SMILES string of the molecule is CC.Cc1ccc(-c2cc(C(=O)NCc3ccc(C)nc3)cc(-c3cnc(N)cn3)c2)nc1. The topological polar surface area (TPSA) is 107 Å². The molecular formula is C26H28N6O. The Morgan fingerprint density at radius 3 is 2.15 bits per heavy atom. The number of pyridine rings is 2. The van der Waals surface area contributed by atoms with E-state index in [-0.39, 0.29) is 5.91 Å². The van der Waals surface area contributed by atoms with Crippen LogP contribution in [0.15, 0.2) is 67.3 Å². The molecule has 0 fully saturated rings. The Bertz CT molecular complexity index is 1140. The molecule has 4 aromatic rings. The van der Waals surface area contributed by atoms with E-state index in [1.54, 1.807) is 24.7 Å². The smallest absolute Gasteiger partial charge is 0.251 e. The van der Waals surface area contributed by atoms with Crippen LogP contribution in [0.2, 0.25) is 0 Å². The van der Waals surface area contributed by atoms with E-state index in [0.29, 0.717) is 23.6 Å². The fraction of sp³-hybridized carbons (Fsp3) is 0.192. The molecule has 3 heterocycles. The van der Waals surface area contributed by atoms with E-state index >= 15 is 0 Å². The van der Waals surface area contributed by atoms with Crippen molar-refractivity contribution in [2.45, 2.75) is 34.2 Å². The molecule has 168 valence electrons. The monoisotopic (exact) mass is 440 g/mol. The van der Waals surface area contributed by atoms with Crippen molar-refractivity contribution >= 4 is 11.7 Å². The van der Waals surface area contributed by atoms with Gasteiger partial charge in [0.05, 0.1) is 23.8 Å². The third-order valence-corrected chi connectivity index (χ3v) is 4.80. The lowest BCUT2D eigenvalue weighted by Gasteiger charge is -2.11. The van der Waals surface area contributed by atoms with Gasteiger partial charge in [0.15, 0.2) is 0 Å². The van der Waals surface area contributed by atoms with Gasteiger partial charge in [-0.3, -0.25) is 19.7 Å². The second-order valence-electron chi connectivity index (χ2n) is 7.34. The van der Waals surface area contributed by atoms with Gasteiger partial charge in [-0.05, 0) is 55.3 Å². The number of anilines is 1. The van der Waals surface area contributed by atoms with E-state index < -0.39 is 0 Å². The fourth-order valence-corrected chi connectivity index (χ4v) is 3.07. The molecule has 0 unspecified atom stereocenters. The Morgan fingerprint density at radius 1 is 0.818 bits per heavy atom. The first-order valence-electron chi connectivity index (χ1n) is 10.8. The van der Waals surface area contributed by atoms with Crippen molar-refractivity contribution in [1.82, 2.24) is 25.3 Å². The van der Waals surface area contributed by atoms with Gasteiger partial charge in [-0.2, -0.15) is 0 Å². The first-order chi connectivity index (χ1) is 16.0. The molecule has 3 aromatic heterocycles. The molecule has 0 aliphatic rings. The van der Waals surface area contributed by atoms with E-state index in [1.165, 1.54) is 6.20 Å². The van der Waals surface area contributed by atoms with E-state index in [0.717, 1.165) is 33.6 Å². The van der Waals surface area contributed by atoms with Crippen molar-refractivity contribution in [2.24, 2.45) is 0 Å². The van der Waals surface area contributed by atoms with Crippen LogP contribution in [-0.4, -0.2) is 25.8 Å². The van der Waals surface area contributed by atoms with Gasteiger partial charge in [0.1, 0.15) is 5.82 Å². The molecule has 0 aliphatic heterocycles. The van der Waals surface area contributed by atoms with Crippen LogP contribution in [0.1, 0.15) is 41.0 Å². The lowest BCUT2D eigenvalue weighted by molar-refractivity contribution is 0.0951. The second-order valence-corrected chi connectivity index (χ2v) is 7.34. The minimum Gasteiger partial charge on any atom is -0.382 e. The molecule has 3 N–H and O–H groups in total. The molecule has 0 saturated carbocycles. The zero-order chi connectivity index (χ0) is 23.8. The van der Waals surface area contributed by atoms with E-state index in [9.17, 15) is 4.79 Å². The molecule has 7 heteroatoms. The maximum absolute atomic E-state index is 13.0. The predicted octanol–water partition coefficient (Wildman–Crippen LogP) is 4.76. The van der Waals surface area contributed by atoms with Gasteiger partial charge >= 0.3 is 0 Å². The van der Waals surface area contributed by atoms with Crippen LogP contribution in [-0.2, 0) is 6.54 Å². The normalized spacial score (nSPS) is 10.2. The molecule has 0 bridgehead atoms. The van der Waals surface area contributed by atoms with Gasteiger partial charge in [-0.1, -0.05) is 26.0 Å². The molecule has 1 aromatic carbocycles. The third-order valence-electron chi connectivity index (χ3n) is 4.80. The van der Waals surface area contributed by atoms with Crippen molar-refractivity contribution in [3.05, 3.63) is 89.6 Å². The van der Waals surface area contributed by atoms with E-state index in [2.05, 4.69) is 25.3 Å². The Hall–Kier alpha value is -4.13. The maximum Gasteiger partial charge on any atom is 0.251 e. The number of rotatable bonds is 5. The summed E-state index contributed by atoms with van der Waals surface area (Å²) in [5.74, 6) is 0.143. The summed E-state index contributed by atoms with van der Waals surface area (Å²) in [6, 6.07) is 13.4. The maximum atomic E-state index is 13.0. The number of nitrogens with two attached hydrogens (primary N) is 1. The zero-order valence-electron chi connectivity index (χ0n) is 19.3. The summed E-state index contributed by atoms with van der Waals surface area (Å²) in [7, 11) is 0. The minimum absolute atomic E-state index is 0.195. The molecule has 1 amide bonds. The standard InChI is InChI=1S/C24H22N6O.C2H6/c1-15-3-6-21(27-10-15)18-7-19(22-13-29-23(25)14-28-22)9-20(8-18)24(31)30-12-17-5-4-16(2)26-11-17;1-2/h3-11,13-14H,12H2,1-2H3,(H2,25,29)(H,30,31);1-2H3. The quantitative estimate of drug-likeness (QED) is 0.463. The van der Waals surface area contributed by atoms with Gasteiger partial charge < -0.3 is 11.1 Å². The Kier molecular flexibility index (Phi) is 7.81. The summed E-state index contributed by atoms with van der Waals surface area (Å²) in [5, 5.41) is 2.95. The van der Waals surface area contributed by atoms with Crippen molar-refractivity contribution < 1.29 is 4.79 Å². The zero-order valence-corrected chi connectivity index (χ0v) is 19.3. The number of amides is 1. The predicted molar refractivity (Wildman–Crippen MR) is 131 cm³/mol. The van der Waals surface area contributed by atoms with Crippen LogP contribution in [0, 0.1) is 13.8 Å². The van der Waals surface area contributed by atoms with Crippen LogP contribution in [0.4, 0.5) is 5.82 Å². The number of hydrogen-bond donors (Lipinski definition) is 2. The van der Waals surface area contributed by atoms with Gasteiger partial charge in [-0.15, -0.1) is 0 Å². The highest BCUT2D eigenvalue weighted by Crippen LogP contribution is 2.26. The first-order valence-corrected chi connectivity index (χ1v) is 10.8. The summed E-state index contributed by atoms with van der Waals surface area (Å²) in [6.07, 6.45) is 6.65. The largest absolute Gasteiger partial charge is 0.382 e. The summed E-state index contributed by atoms with van der Waals surface area (Å²) < 4.78 is 0. The van der Waals surface area contributed by atoms with Gasteiger partial charge in [0.2, 0.25) is 0 Å². The van der Waals surface area contributed by atoms with Crippen LogP contribution in [0.25, 0.3) is 22.5 Å². The van der Waals surface area contributed by atoms with Gasteiger partial charge in [0, 0.05) is 41.3 Å². The number of hydrogen-bond acceptors (Lipinski definition) is 6. The molecule has 7 nitrogen and oxygen atoms in total. The molecule has 0 atom stereocenters. The molecule has 0 radical (unpaired) electrons. The van der Waals surface area contributed by atoms with Crippen molar-refractivity contribution in [2.75, 3.05) is 5.73 Å². The number of carbonyl (C=O) groups is 1. The van der Waals surface area contributed by atoms with Crippen molar-refractivity contribution in [1.29, 1.82) is 0 Å². The van der Waals surface area contributed by atoms with Gasteiger partial charge in [0.25, 0.3) is 5.91 Å². The van der Waals surface area contributed by atoms with Crippen molar-refractivity contribution in [3.63, 3.8) is 0 Å². The molecular weight excluding hydrogens is 412 g/mol. The summed E-state index contributed by atoms with van der Waals surface area (Å²) in [4.78, 5) is 30.2. The molecule has 0 saturated heterocycles. The number of benzene rings is 1. The lowest BCUT2D eigenvalue weighted by atomic mass is 10.0. The van der Waals surface area contributed by atoms with Crippen LogP contribution >= 0.6 is 0 Å². The van der Waals surface area contributed by atoms with Crippen LogP contribution < -0.4 is 11.1 Å². The third kappa shape index (κ3) is 6.20. The summed E-state index contributed by atoms with van der Waals surface area (Å²) >= 11 is 0. The number of nitrogens with zero attached hydrogens (tertiary/aromatic N) is 4. The summed E-state index contributed by atoms with van der Waals surface area (Å²) in [5.41, 5.74) is 12.1. The number of aromatic nitrogens is 4. The average molecular weight is 441 g/mol. The Balaban J connectivity index is 0.00000149. The van der Waals surface area contributed by atoms with E-state index in [1.807, 2.05) is 64.1 Å². The Morgan fingerprint density at radius 2 is 1.55 bits per heavy atom. The number of nitrogen functional groups attached to an aromatic ring is 1. The average Bonchev–Trinajstić information content (AvgIpc) is 2.85. The number of carbonyl (C=O) groups excluding carboxylic acids is 1. The van der Waals surface area contributed by atoms with Gasteiger partial charge in [-0.25, -0.2) is 4.98 Å². The van der Waals surface area contributed by atoms with Crippen LogP contribution in [0.3, 0.4) is 0 Å². The molecule has 33 heavy (non-hydrogen) atoms. The Labute approximate surface area is 194 Å². The highest BCUT2D eigenvalue weighted by molar-refractivity contribution is 5.97. The summed E-state index contributed by atoms with van der Waals surface area (Å²) in [6.45, 7) is 8.29. The lowest BCUT2D eigenvalue weighted by Crippen LogP contribution is -2.23. The minimum atomic E-state index is -0.195. The molecule has 4 rings (SSSR count). The van der Waals surface area contributed by atoms with Crippen molar-refractivity contribution in [3.8, 4) is 22.5 Å². The fourth-order valence-electron chi connectivity index (χ4n) is 3.07. The molecule has 0 spiro atoms. The highest BCUT2D eigenvalue weighted by Gasteiger charge is 2.13. The number of nitrogens with one attached hydrogen (secondary N) is 1. The molecule has 0 aliphatic carbocycles.